The van der Waals surface area contributed by atoms with E-state index in [2.05, 4.69) is 15.6 Å². The lowest BCUT2D eigenvalue weighted by Crippen LogP contribution is -2.41. The molecule has 0 radical (unpaired) electrons. The van der Waals surface area contributed by atoms with Crippen LogP contribution in [0.15, 0.2) is 42.7 Å². The number of pyridine rings is 1. The quantitative estimate of drug-likeness (QED) is 0.722. The van der Waals surface area contributed by atoms with Crippen LogP contribution in [0.25, 0.3) is 0 Å². The Bertz CT molecular complexity index is 733. The van der Waals surface area contributed by atoms with Crippen LogP contribution < -0.4 is 15.4 Å². The predicted octanol–water partition coefficient (Wildman–Crippen LogP) is 3.85. The summed E-state index contributed by atoms with van der Waals surface area (Å²) in [6, 6.07) is 9.71. The van der Waals surface area contributed by atoms with Gasteiger partial charge in [-0.3, -0.25) is 9.78 Å². The molecule has 0 spiro atoms. The Morgan fingerprint density at radius 3 is 2.85 bits per heavy atom. The van der Waals surface area contributed by atoms with E-state index in [0.717, 1.165) is 29.7 Å². The number of hydrogen-bond donors (Lipinski definition) is 2. The second-order valence-corrected chi connectivity index (χ2v) is 7.34. The fraction of sp³-hybridized carbons (Fsp3) is 0.429. The number of aromatic nitrogens is 1. The van der Waals surface area contributed by atoms with Gasteiger partial charge in [0.15, 0.2) is 0 Å². The molecule has 2 aromatic rings. The van der Waals surface area contributed by atoms with Crippen molar-refractivity contribution in [1.82, 2.24) is 15.6 Å². The lowest BCUT2D eigenvalue weighted by Gasteiger charge is -2.22. The first-order chi connectivity index (χ1) is 13.2. The molecule has 1 aliphatic rings. The van der Waals surface area contributed by atoms with Crippen LogP contribution in [-0.4, -0.2) is 23.5 Å². The van der Waals surface area contributed by atoms with E-state index in [-0.39, 0.29) is 12.5 Å². The Labute approximate surface area is 165 Å². The van der Waals surface area contributed by atoms with Crippen LogP contribution in [0.3, 0.4) is 0 Å². The van der Waals surface area contributed by atoms with Crippen molar-refractivity contribution in [3.05, 3.63) is 58.9 Å². The van der Waals surface area contributed by atoms with Crippen LogP contribution in [0.4, 0.5) is 0 Å². The van der Waals surface area contributed by atoms with Crippen molar-refractivity contribution in [1.29, 1.82) is 0 Å². The maximum atomic E-state index is 12.1. The van der Waals surface area contributed by atoms with E-state index in [0.29, 0.717) is 24.2 Å². The fourth-order valence-corrected chi connectivity index (χ4v) is 3.50. The van der Waals surface area contributed by atoms with Gasteiger partial charge in [-0.25, -0.2) is 0 Å². The van der Waals surface area contributed by atoms with E-state index in [4.69, 9.17) is 16.3 Å². The zero-order chi connectivity index (χ0) is 18.9. The highest BCUT2D eigenvalue weighted by Gasteiger charge is 2.15. The monoisotopic (exact) mass is 387 g/mol. The molecule has 144 valence electrons. The number of benzene rings is 1. The van der Waals surface area contributed by atoms with Crippen LogP contribution in [0, 0.1) is 0 Å². The number of ether oxygens (including phenoxy) is 1. The smallest absolute Gasteiger partial charge is 0.234 e. The fourth-order valence-electron chi connectivity index (χ4n) is 3.31. The molecule has 5 nitrogen and oxygen atoms in total. The highest BCUT2D eigenvalue weighted by Crippen LogP contribution is 2.24. The number of nitrogens with zero attached hydrogens (tertiary/aromatic N) is 1. The number of carbonyl (C=O) groups is 1. The van der Waals surface area contributed by atoms with E-state index < -0.39 is 0 Å². The van der Waals surface area contributed by atoms with E-state index in [1.54, 1.807) is 18.5 Å². The minimum absolute atomic E-state index is 0.0433. The Morgan fingerprint density at radius 1 is 1.22 bits per heavy atom. The van der Waals surface area contributed by atoms with Gasteiger partial charge in [-0.1, -0.05) is 36.9 Å². The van der Waals surface area contributed by atoms with Crippen LogP contribution in [0.5, 0.6) is 5.75 Å². The minimum Gasteiger partial charge on any atom is -0.489 e. The van der Waals surface area contributed by atoms with Crippen molar-refractivity contribution in [3.63, 3.8) is 0 Å². The average Bonchev–Trinajstić information content (AvgIpc) is 2.69. The van der Waals surface area contributed by atoms with Gasteiger partial charge in [0, 0.05) is 41.1 Å². The van der Waals surface area contributed by atoms with Crippen LogP contribution in [-0.2, 0) is 17.9 Å². The van der Waals surface area contributed by atoms with Crippen molar-refractivity contribution in [3.8, 4) is 5.75 Å². The third-order valence-electron chi connectivity index (χ3n) is 4.71. The molecule has 1 amide bonds. The molecule has 0 aliphatic heterocycles. The number of halogens is 1. The highest BCUT2D eigenvalue weighted by molar-refractivity contribution is 6.30. The van der Waals surface area contributed by atoms with E-state index in [1.807, 2.05) is 24.3 Å². The summed E-state index contributed by atoms with van der Waals surface area (Å²) in [7, 11) is 0. The number of carbonyl (C=O) groups excluding carboxylic acids is 1. The molecule has 0 unspecified atom stereocenters. The van der Waals surface area contributed by atoms with Gasteiger partial charge < -0.3 is 15.4 Å². The number of rotatable bonds is 8. The molecule has 0 atom stereocenters. The maximum absolute atomic E-state index is 12.1. The molecule has 6 heteroatoms. The molecular weight excluding hydrogens is 362 g/mol. The molecule has 1 aromatic heterocycles. The molecule has 1 saturated carbocycles. The van der Waals surface area contributed by atoms with Gasteiger partial charge in [0.2, 0.25) is 5.91 Å². The first-order valence-corrected chi connectivity index (χ1v) is 9.89. The summed E-state index contributed by atoms with van der Waals surface area (Å²) in [6.07, 6.45) is 9.39. The SMILES string of the molecule is O=C(CNCc1cc(Cl)ccc1OCc1cccnc1)NC1CCCCC1. The number of nitrogens with one attached hydrogen (secondary N) is 2. The molecule has 1 aliphatic carbocycles. The standard InChI is InChI=1S/C21H26ClN3O2/c22-18-8-9-20(27-15-16-5-4-10-23-12-16)17(11-18)13-24-14-21(26)25-19-6-2-1-3-7-19/h4-5,8-12,19,24H,1-3,6-7,13-15H2,(H,25,26). The first kappa shape index (κ1) is 19.6. The second-order valence-electron chi connectivity index (χ2n) is 6.91. The van der Waals surface area contributed by atoms with Crippen molar-refractivity contribution in [2.75, 3.05) is 6.54 Å². The van der Waals surface area contributed by atoms with Crippen molar-refractivity contribution in [2.24, 2.45) is 0 Å². The summed E-state index contributed by atoms with van der Waals surface area (Å²) >= 11 is 6.13. The Morgan fingerprint density at radius 2 is 2.07 bits per heavy atom. The minimum atomic E-state index is 0.0433. The van der Waals surface area contributed by atoms with Gasteiger partial charge >= 0.3 is 0 Å². The first-order valence-electron chi connectivity index (χ1n) is 9.51. The molecule has 1 heterocycles. The van der Waals surface area contributed by atoms with Gasteiger partial charge in [-0.05, 0) is 37.1 Å². The van der Waals surface area contributed by atoms with Gasteiger partial charge in [-0.15, -0.1) is 0 Å². The van der Waals surface area contributed by atoms with Gasteiger partial charge in [0.25, 0.3) is 0 Å². The van der Waals surface area contributed by atoms with Gasteiger partial charge in [-0.2, -0.15) is 0 Å². The summed E-state index contributed by atoms with van der Waals surface area (Å²) in [6.45, 7) is 1.23. The van der Waals surface area contributed by atoms with Crippen LogP contribution >= 0.6 is 11.6 Å². The van der Waals surface area contributed by atoms with Crippen LogP contribution in [0.2, 0.25) is 5.02 Å². The summed E-state index contributed by atoms with van der Waals surface area (Å²) in [5.74, 6) is 0.796. The number of amides is 1. The Hall–Kier alpha value is -2.11. The molecule has 2 N–H and O–H groups in total. The molecule has 1 aromatic carbocycles. The third-order valence-corrected chi connectivity index (χ3v) is 4.95. The van der Waals surface area contributed by atoms with Crippen molar-refractivity contribution < 1.29 is 9.53 Å². The lowest BCUT2D eigenvalue weighted by atomic mass is 9.95. The van der Waals surface area contributed by atoms with Crippen molar-refractivity contribution in [2.45, 2.75) is 51.3 Å². The van der Waals surface area contributed by atoms with E-state index in [9.17, 15) is 4.79 Å². The summed E-state index contributed by atoms with van der Waals surface area (Å²) in [5, 5.41) is 6.95. The van der Waals surface area contributed by atoms with E-state index >= 15 is 0 Å². The highest BCUT2D eigenvalue weighted by atomic mass is 35.5. The predicted molar refractivity (Wildman–Crippen MR) is 107 cm³/mol. The summed E-state index contributed by atoms with van der Waals surface area (Å²) in [4.78, 5) is 16.2. The molecule has 1 fully saturated rings. The van der Waals surface area contributed by atoms with E-state index in [1.165, 1.54) is 19.3 Å². The largest absolute Gasteiger partial charge is 0.489 e. The topological polar surface area (TPSA) is 63.2 Å². The van der Waals surface area contributed by atoms with Gasteiger partial charge in [0.05, 0.1) is 6.54 Å². The molecule has 27 heavy (non-hydrogen) atoms. The lowest BCUT2D eigenvalue weighted by molar-refractivity contribution is -0.121. The normalized spacial score (nSPS) is 14.7. The Kier molecular flexibility index (Phi) is 7.48. The average molecular weight is 388 g/mol. The Balaban J connectivity index is 1.49. The zero-order valence-corrected chi connectivity index (χ0v) is 16.2. The third kappa shape index (κ3) is 6.52. The van der Waals surface area contributed by atoms with Crippen LogP contribution in [0.1, 0.15) is 43.2 Å². The number of hydrogen-bond acceptors (Lipinski definition) is 4. The van der Waals surface area contributed by atoms with Crippen molar-refractivity contribution >= 4 is 17.5 Å². The zero-order valence-electron chi connectivity index (χ0n) is 15.4. The van der Waals surface area contributed by atoms with Gasteiger partial charge in [0.1, 0.15) is 12.4 Å². The molecular formula is C21H26ClN3O2. The summed E-state index contributed by atoms with van der Waals surface area (Å²) in [5.41, 5.74) is 1.93. The molecule has 0 bridgehead atoms. The molecule has 3 rings (SSSR count). The summed E-state index contributed by atoms with van der Waals surface area (Å²) < 4.78 is 5.92. The molecule has 0 saturated heterocycles. The maximum Gasteiger partial charge on any atom is 0.234 e. The second kappa shape index (κ2) is 10.3.